The number of thiocarbonyl (C=S) groups is 1. The normalized spacial score (nSPS) is 20.2. The monoisotopic (exact) mass is 257 g/mol. The van der Waals surface area contributed by atoms with Crippen molar-refractivity contribution in [2.45, 2.75) is 32.7 Å². The number of nitrogens with one attached hydrogen (secondary N) is 1. The maximum atomic E-state index is 12.1. The van der Waals surface area contributed by atoms with E-state index in [1.165, 1.54) is 0 Å². The van der Waals surface area contributed by atoms with Gasteiger partial charge in [-0.3, -0.25) is 4.79 Å². The molecule has 3 N–H and O–H groups in total. The van der Waals surface area contributed by atoms with Gasteiger partial charge in [0.2, 0.25) is 5.91 Å². The molecule has 1 unspecified atom stereocenters. The minimum Gasteiger partial charge on any atom is -0.393 e. The highest BCUT2D eigenvalue weighted by molar-refractivity contribution is 7.80. The molecule has 0 aliphatic carbocycles. The molecule has 4 nitrogen and oxygen atoms in total. The minimum atomic E-state index is -0.343. The average Bonchev–Trinajstić information content (AvgIpc) is 2.20. The lowest BCUT2D eigenvalue weighted by molar-refractivity contribution is -0.125. The van der Waals surface area contributed by atoms with Crippen LogP contribution in [0.4, 0.5) is 0 Å². The van der Waals surface area contributed by atoms with Gasteiger partial charge in [-0.1, -0.05) is 26.1 Å². The average molecular weight is 257 g/mol. The fourth-order valence-electron chi connectivity index (χ4n) is 2.20. The van der Waals surface area contributed by atoms with Crippen LogP contribution in [0.3, 0.4) is 0 Å². The molecule has 0 radical (unpaired) electrons. The first-order valence-corrected chi connectivity index (χ1v) is 6.61. The molecule has 1 saturated heterocycles. The van der Waals surface area contributed by atoms with E-state index in [-0.39, 0.29) is 23.8 Å². The third-order valence-electron chi connectivity index (χ3n) is 3.32. The molecule has 0 spiro atoms. The Balaban J connectivity index is 2.50. The zero-order chi connectivity index (χ0) is 13.0. The fraction of sp³-hybridized carbons (Fsp3) is 0.833. The van der Waals surface area contributed by atoms with Gasteiger partial charge in [-0.05, 0) is 38.9 Å². The molecule has 1 rings (SSSR count). The Morgan fingerprint density at radius 2 is 1.94 bits per heavy atom. The van der Waals surface area contributed by atoms with Gasteiger partial charge < -0.3 is 16.0 Å². The van der Waals surface area contributed by atoms with Crippen LogP contribution in [0, 0.1) is 11.8 Å². The molecular formula is C12H23N3OS. The lowest BCUT2D eigenvalue weighted by Gasteiger charge is -2.31. The van der Waals surface area contributed by atoms with Crippen molar-refractivity contribution < 1.29 is 4.79 Å². The van der Waals surface area contributed by atoms with E-state index in [4.69, 9.17) is 18.0 Å². The summed E-state index contributed by atoms with van der Waals surface area (Å²) in [5.74, 6) is -0.203. The highest BCUT2D eigenvalue weighted by atomic mass is 32.1. The summed E-state index contributed by atoms with van der Waals surface area (Å²) in [6.45, 7) is 6.00. The second-order valence-corrected chi connectivity index (χ2v) is 5.68. The molecule has 0 aromatic heterocycles. The summed E-state index contributed by atoms with van der Waals surface area (Å²) in [5, 5.41) is 3.07. The van der Waals surface area contributed by atoms with Crippen LogP contribution in [0.2, 0.25) is 0 Å². The molecule has 0 aromatic carbocycles. The summed E-state index contributed by atoms with van der Waals surface area (Å²) in [4.78, 5) is 14.7. The molecule has 0 saturated carbocycles. The van der Waals surface area contributed by atoms with E-state index in [0.29, 0.717) is 4.99 Å². The van der Waals surface area contributed by atoms with Crippen molar-refractivity contribution >= 4 is 23.1 Å². The number of carbonyl (C=O) groups excluding carboxylic acids is 1. The van der Waals surface area contributed by atoms with Gasteiger partial charge in [-0.25, -0.2) is 0 Å². The van der Waals surface area contributed by atoms with Crippen molar-refractivity contribution in [3.63, 3.8) is 0 Å². The van der Waals surface area contributed by atoms with Gasteiger partial charge in [0, 0.05) is 6.04 Å². The Kier molecular flexibility index (Phi) is 5.33. The lowest BCUT2D eigenvalue weighted by atomic mass is 9.94. The molecule has 1 atom stereocenters. The highest BCUT2D eigenvalue weighted by Gasteiger charge is 2.27. The summed E-state index contributed by atoms with van der Waals surface area (Å²) < 4.78 is 0. The zero-order valence-corrected chi connectivity index (χ0v) is 11.7. The van der Waals surface area contributed by atoms with E-state index < -0.39 is 0 Å². The summed E-state index contributed by atoms with van der Waals surface area (Å²) in [6, 6.07) is 0.272. The lowest BCUT2D eigenvalue weighted by Crippen LogP contribution is -2.48. The smallest absolute Gasteiger partial charge is 0.230 e. The molecule has 1 amide bonds. The second kappa shape index (κ2) is 6.31. The second-order valence-electron chi connectivity index (χ2n) is 5.21. The molecular weight excluding hydrogens is 234 g/mol. The van der Waals surface area contributed by atoms with Gasteiger partial charge in [0.1, 0.15) is 0 Å². The number of amides is 1. The Hall–Kier alpha value is -0.680. The number of piperidine rings is 1. The molecule has 0 bridgehead atoms. The fourth-order valence-corrected chi connectivity index (χ4v) is 2.58. The number of hydrogen-bond donors (Lipinski definition) is 2. The van der Waals surface area contributed by atoms with Gasteiger partial charge in [0.05, 0.1) is 10.9 Å². The quantitative estimate of drug-likeness (QED) is 0.730. The molecule has 5 heteroatoms. The van der Waals surface area contributed by atoms with Crippen molar-refractivity contribution in [2.24, 2.45) is 17.6 Å². The standard InChI is InChI=1S/C12H23N3OS/c1-8(2)10(11(13)17)12(16)14-9-4-6-15(3)7-5-9/h8-10H,4-7H2,1-3H3,(H2,13,17)(H,14,16). The van der Waals surface area contributed by atoms with Crippen LogP contribution < -0.4 is 11.1 Å². The first-order valence-electron chi connectivity index (χ1n) is 6.20. The molecule has 98 valence electrons. The molecule has 1 fully saturated rings. The summed E-state index contributed by atoms with van der Waals surface area (Å²) in [7, 11) is 2.10. The number of likely N-dealkylation sites (tertiary alicyclic amines) is 1. The van der Waals surface area contributed by atoms with Gasteiger partial charge in [0.25, 0.3) is 0 Å². The van der Waals surface area contributed by atoms with Crippen LogP contribution in [0.5, 0.6) is 0 Å². The summed E-state index contributed by atoms with van der Waals surface area (Å²) in [6.07, 6.45) is 2.01. The molecule has 17 heavy (non-hydrogen) atoms. The number of hydrogen-bond acceptors (Lipinski definition) is 3. The molecule has 0 aromatic rings. The topological polar surface area (TPSA) is 58.4 Å². The molecule has 1 aliphatic rings. The van der Waals surface area contributed by atoms with E-state index in [1.807, 2.05) is 13.8 Å². The first kappa shape index (κ1) is 14.4. The van der Waals surface area contributed by atoms with E-state index in [0.717, 1.165) is 25.9 Å². The zero-order valence-electron chi connectivity index (χ0n) is 10.9. The van der Waals surface area contributed by atoms with Gasteiger partial charge in [-0.2, -0.15) is 0 Å². The van der Waals surface area contributed by atoms with Crippen LogP contribution in [0.1, 0.15) is 26.7 Å². The van der Waals surface area contributed by atoms with Crippen LogP contribution in [0.15, 0.2) is 0 Å². The van der Waals surface area contributed by atoms with Crippen molar-refractivity contribution in [3.05, 3.63) is 0 Å². The van der Waals surface area contributed by atoms with Crippen LogP contribution in [-0.4, -0.2) is 42.0 Å². The Labute approximate surface area is 109 Å². The van der Waals surface area contributed by atoms with Crippen molar-refractivity contribution in [1.29, 1.82) is 0 Å². The van der Waals surface area contributed by atoms with Gasteiger partial charge in [0.15, 0.2) is 0 Å². The van der Waals surface area contributed by atoms with Crippen molar-refractivity contribution in [2.75, 3.05) is 20.1 Å². The number of nitrogens with zero attached hydrogens (tertiary/aromatic N) is 1. The first-order chi connectivity index (χ1) is 7.91. The highest BCUT2D eigenvalue weighted by Crippen LogP contribution is 2.14. The van der Waals surface area contributed by atoms with E-state index in [9.17, 15) is 4.79 Å². The molecule has 1 heterocycles. The predicted octanol–water partition coefficient (Wildman–Crippen LogP) is 0.755. The Morgan fingerprint density at radius 3 is 2.35 bits per heavy atom. The van der Waals surface area contributed by atoms with Crippen LogP contribution >= 0.6 is 12.2 Å². The number of carbonyl (C=O) groups is 1. The summed E-state index contributed by atoms with van der Waals surface area (Å²) >= 11 is 4.96. The van der Waals surface area contributed by atoms with Crippen LogP contribution in [0.25, 0.3) is 0 Å². The number of nitrogens with two attached hydrogens (primary N) is 1. The van der Waals surface area contributed by atoms with Crippen molar-refractivity contribution in [3.8, 4) is 0 Å². The Morgan fingerprint density at radius 1 is 1.41 bits per heavy atom. The van der Waals surface area contributed by atoms with E-state index >= 15 is 0 Å². The third-order valence-corrected chi connectivity index (χ3v) is 3.57. The predicted molar refractivity (Wildman–Crippen MR) is 73.8 cm³/mol. The van der Waals surface area contributed by atoms with Gasteiger partial charge in [-0.15, -0.1) is 0 Å². The maximum Gasteiger partial charge on any atom is 0.230 e. The number of rotatable bonds is 4. The largest absolute Gasteiger partial charge is 0.393 e. The summed E-state index contributed by atoms with van der Waals surface area (Å²) in [5.41, 5.74) is 5.63. The minimum absolute atomic E-state index is 0.0120. The van der Waals surface area contributed by atoms with Crippen LogP contribution in [-0.2, 0) is 4.79 Å². The van der Waals surface area contributed by atoms with Gasteiger partial charge >= 0.3 is 0 Å². The third kappa shape index (κ3) is 4.24. The maximum absolute atomic E-state index is 12.1. The van der Waals surface area contributed by atoms with E-state index in [1.54, 1.807) is 0 Å². The SMILES string of the molecule is CC(C)C(C(=O)NC1CCN(C)CC1)C(N)=S. The Bertz CT molecular complexity index is 285. The van der Waals surface area contributed by atoms with Crippen molar-refractivity contribution in [1.82, 2.24) is 10.2 Å². The van der Waals surface area contributed by atoms with E-state index in [2.05, 4.69) is 17.3 Å². The molecule has 1 aliphatic heterocycles.